The zero-order valence-corrected chi connectivity index (χ0v) is 10.5. The van der Waals surface area contributed by atoms with Crippen molar-refractivity contribution in [2.45, 2.75) is 6.54 Å². The number of halogens is 1. The quantitative estimate of drug-likeness (QED) is 0.716. The minimum Gasteiger partial charge on any atom is -0.361 e. The fourth-order valence-corrected chi connectivity index (χ4v) is 2.44. The molecule has 3 rings (SSSR count). The Morgan fingerprint density at radius 1 is 1.06 bits per heavy atom. The Bertz CT molecular complexity index is 701. The first-order chi connectivity index (χ1) is 8.79. The Morgan fingerprint density at radius 2 is 1.89 bits per heavy atom. The van der Waals surface area contributed by atoms with Gasteiger partial charge in [-0.05, 0) is 29.3 Å². The van der Waals surface area contributed by atoms with E-state index in [0.29, 0.717) is 6.54 Å². The molecule has 0 fully saturated rings. The molecule has 2 aromatic carbocycles. The third-order valence-electron chi connectivity index (χ3n) is 3.17. The summed E-state index contributed by atoms with van der Waals surface area (Å²) in [4.78, 5) is 3.27. The molecule has 0 spiro atoms. The SMILES string of the molecule is NCc1ccc(Cl)cc1-c1c[nH]c2ccccc12. The lowest BCUT2D eigenvalue weighted by molar-refractivity contribution is 1.07. The molecular formula is C15H13ClN2. The van der Waals surface area contributed by atoms with E-state index in [1.807, 2.05) is 36.5 Å². The second kappa shape index (κ2) is 4.48. The van der Waals surface area contributed by atoms with E-state index in [2.05, 4.69) is 17.1 Å². The average Bonchev–Trinajstić information content (AvgIpc) is 2.82. The first-order valence-electron chi connectivity index (χ1n) is 5.84. The Kier molecular flexibility index (Phi) is 2.82. The van der Waals surface area contributed by atoms with E-state index in [4.69, 9.17) is 17.3 Å². The van der Waals surface area contributed by atoms with E-state index >= 15 is 0 Å². The zero-order chi connectivity index (χ0) is 12.5. The Balaban J connectivity index is 2.29. The van der Waals surface area contributed by atoms with Gasteiger partial charge in [0.2, 0.25) is 0 Å². The van der Waals surface area contributed by atoms with E-state index in [-0.39, 0.29) is 0 Å². The highest BCUT2D eigenvalue weighted by Crippen LogP contribution is 2.32. The fourth-order valence-electron chi connectivity index (χ4n) is 2.27. The Labute approximate surface area is 110 Å². The Hall–Kier alpha value is -1.77. The molecule has 3 aromatic rings. The average molecular weight is 257 g/mol. The summed E-state index contributed by atoms with van der Waals surface area (Å²) < 4.78 is 0. The molecule has 0 aliphatic heterocycles. The third-order valence-corrected chi connectivity index (χ3v) is 3.41. The molecule has 0 unspecified atom stereocenters. The highest BCUT2D eigenvalue weighted by atomic mass is 35.5. The predicted molar refractivity (Wildman–Crippen MR) is 76.6 cm³/mol. The van der Waals surface area contributed by atoms with Crippen LogP contribution in [0.5, 0.6) is 0 Å². The predicted octanol–water partition coefficient (Wildman–Crippen LogP) is 3.95. The third kappa shape index (κ3) is 1.80. The van der Waals surface area contributed by atoms with Crippen LogP contribution in [-0.2, 0) is 6.54 Å². The summed E-state index contributed by atoms with van der Waals surface area (Å²) in [5.41, 5.74) is 10.3. The van der Waals surface area contributed by atoms with Gasteiger partial charge in [-0.15, -0.1) is 0 Å². The molecular weight excluding hydrogens is 244 g/mol. The van der Waals surface area contributed by atoms with Crippen molar-refractivity contribution in [2.75, 3.05) is 0 Å². The van der Waals surface area contributed by atoms with Gasteiger partial charge in [-0.2, -0.15) is 0 Å². The second-order valence-electron chi connectivity index (χ2n) is 4.25. The van der Waals surface area contributed by atoms with Crippen LogP contribution in [0.2, 0.25) is 5.02 Å². The van der Waals surface area contributed by atoms with Gasteiger partial charge in [-0.1, -0.05) is 35.9 Å². The minimum absolute atomic E-state index is 0.506. The number of aromatic amines is 1. The summed E-state index contributed by atoms with van der Waals surface area (Å²) in [5, 5.41) is 1.92. The van der Waals surface area contributed by atoms with E-state index in [1.165, 1.54) is 5.39 Å². The van der Waals surface area contributed by atoms with Gasteiger partial charge in [0.15, 0.2) is 0 Å². The molecule has 0 aliphatic carbocycles. The molecule has 1 aromatic heterocycles. The molecule has 0 saturated carbocycles. The molecule has 3 heteroatoms. The van der Waals surface area contributed by atoms with Crippen LogP contribution in [0.25, 0.3) is 22.0 Å². The number of nitrogens with one attached hydrogen (secondary N) is 1. The van der Waals surface area contributed by atoms with Crippen molar-refractivity contribution in [1.29, 1.82) is 0 Å². The summed E-state index contributed by atoms with van der Waals surface area (Å²) >= 11 is 6.09. The summed E-state index contributed by atoms with van der Waals surface area (Å²) in [7, 11) is 0. The molecule has 0 saturated heterocycles. The highest BCUT2D eigenvalue weighted by Gasteiger charge is 2.09. The fraction of sp³-hybridized carbons (Fsp3) is 0.0667. The van der Waals surface area contributed by atoms with Crippen LogP contribution in [0.3, 0.4) is 0 Å². The van der Waals surface area contributed by atoms with Gasteiger partial charge >= 0.3 is 0 Å². The summed E-state index contributed by atoms with van der Waals surface area (Å²) in [6.45, 7) is 0.506. The van der Waals surface area contributed by atoms with E-state index < -0.39 is 0 Å². The number of para-hydroxylation sites is 1. The number of hydrogen-bond acceptors (Lipinski definition) is 1. The van der Waals surface area contributed by atoms with Crippen molar-refractivity contribution >= 4 is 22.5 Å². The molecule has 0 bridgehead atoms. The van der Waals surface area contributed by atoms with Crippen LogP contribution >= 0.6 is 11.6 Å². The van der Waals surface area contributed by atoms with Crippen LogP contribution in [0, 0.1) is 0 Å². The van der Waals surface area contributed by atoms with Crippen LogP contribution in [0.4, 0.5) is 0 Å². The maximum Gasteiger partial charge on any atom is 0.0460 e. The van der Waals surface area contributed by atoms with Crippen LogP contribution in [0.1, 0.15) is 5.56 Å². The van der Waals surface area contributed by atoms with Gasteiger partial charge in [0.25, 0.3) is 0 Å². The lowest BCUT2D eigenvalue weighted by Crippen LogP contribution is -1.98. The van der Waals surface area contributed by atoms with E-state index in [9.17, 15) is 0 Å². The van der Waals surface area contributed by atoms with Crippen molar-refractivity contribution in [3.05, 3.63) is 59.2 Å². The Morgan fingerprint density at radius 3 is 2.72 bits per heavy atom. The number of aromatic nitrogens is 1. The van der Waals surface area contributed by atoms with Crippen molar-refractivity contribution in [2.24, 2.45) is 5.73 Å². The van der Waals surface area contributed by atoms with Crippen LogP contribution < -0.4 is 5.73 Å². The topological polar surface area (TPSA) is 41.8 Å². The van der Waals surface area contributed by atoms with Crippen molar-refractivity contribution < 1.29 is 0 Å². The summed E-state index contributed by atoms with van der Waals surface area (Å²) in [6, 6.07) is 14.0. The molecule has 0 aliphatic rings. The normalized spacial score (nSPS) is 11.0. The molecule has 0 atom stereocenters. The first-order valence-corrected chi connectivity index (χ1v) is 6.22. The number of nitrogens with two attached hydrogens (primary N) is 1. The molecule has 0 amide bonds. The smallest absolute Gasteiger partial charge is 0.0460 e. The van der Waals surface area contributed by atoms with Gasteiger partial charge in [0, 0.05) is 34.2 Å². The van der Waals surface area contributed by atoms with Crippen molar-refractivity contribution in [3.8, 4) is 11.1 Å². The number of H-pyrrole nitrogens is 1. The van der Waals surface area contributed by atoms with Crippen LogP contribution in [0.15, 0.2) is 48.7 Å². The zero-order valence-electron chi connectivity index (χ0n) is 9.78. The van der Waals surface area contributed by atoms with Gasteiger partial charge in [-0.25, -0.2) is 0 Å². The molecule has 3 N–H and O–H groups in total. The molecule has 18 heavy (non-hydrogen) atoms. The maximum atomic E-state index is 6.09. The maximum absolute atomic E-state index is 6.09. The number of benzene rings is 2. The lowest BCUT2D eigenvalue weighted by Gasteiger charge is -2.07. The highest BCUT2D eigenvalue weighted by molar-refractivity contribution is 6.31. The lowest BCUT2D eigenvalue weighted by atomic mass is 9.99. The van der Waals surface area contributed by atoms with E-state index in [0.717, 1.165) is 27.2 Å². The van der Waals surface area contributed by atoms with Crippen molar-refractivity contribution in [1.82, 2.24) is 4.98 Å². The first kappa shape index (κ1) is 11.3. The standard InChI is InChI=1S/C15H13ClN2/c16-11-6-5-10(8-17)13(7-11)14-9-18-15-4-2-1-3-12(14)15/h1-7,9,18H,8,17H2. The van der Waals surface area contributed by atoms with Crippen molar-refractivity contribution in [3.63, 3.8) is 0 Å². The van der Waals surface area contributed by atoms with Gasteiger partial charge in [-0.3, -0.25) is 0 Å². The van der Waals surface area contributed by atoms with Crippen LogP contribution in [-0.4, -0.2) is 4.98 Å². The van der Waals surface area contributed by atoms with Gasteiger partial charge in [0.05, 0.1) is 0 Å². The summed E-state index contributed by atoms with van der Waals surface area (Å²) in [6.07, 6.45) is 2.01. The second-order valence-corrected chi connectivity index (χ2v) is 4.69. The molecule has 90 valence electrons. The number of rotatable bonds is 2. The molecule has 2 nitrogen and oxygen atoms in total. The largest absolute Gasteiger partial charge is 0.361 e. The number of hydrogen-bond donors (Lipinski definition) is 2. The van der Waals surface area contributed by atoms with Gasteiger partial charge < -0.3 is 10.7 Å². The summed E-state index contributed by atoms with van der Waals surface area (Å²) in [5.74, 6) is 0. The molecule has 1 heterocycles. The minimum atomic E-state index is 0.506. The molecule has 0 radical (unpaired) electrons. The number of fused-ring (bicyclic) bond motifs is 1. The van der Waals surface area contributed by atoms with Gasteiger partial charge in [0.1, 0.15) is 0 Å². The van der Waals surface area contributed by atoms with E-state index in [1.54, 1.807) is 0 Å². The monoisotopic (exact) mass is 256 g/mol.